The highest BCUT2D eigenvalue weighted by Gasteiger charge is 2.35. The van der Waals surface area contributed by atoms with Gasteiger partial charge in [0.05, 0.1) is 6.54 Å². The van der Waals surface area contributed by atoms with Crippen molar-refractivity contribution in [3.8, 4) is 11.3 Å². The minimum absolute atomic E-state index is 0.122. The van der Waals surface area contributed by atoms with Gasteiger partial charge in [-0.15, -0.1) is 0 Å². The van der Waals surface area contributed by atoms with E-state index in [-0.39, 0.29) is 11.7 Å². The molecule has 0 fully saturated rings. The number of aromatic nitrogens is 2. The van der Waals surface area contributed by atoms with Crippen LogP contribution in [-0.2, 0) is 24.3 Å². The fourth-order valence-corrected chi connectivity index (χ4v) is 4.82. The molecule has 1 amide bonds. The van der Waals surface area contributed by atoms with E-state index in [1.165, 1.54) is 17.7 Å². The number of hydrogen-bond acceptors (Lipinski definition) is 3. The van der Waals surface area contributed by atoms with Crippen molar-refractivity contribution in [1.82, 2.24) is 14.5 Å². The number of benzene rings is 3. The molecule has 36 heavy (non-hydrogen) atoms. The molecular weight excluding hydrogens is 451 g/mol. The Bertz CT molecular complexity index is 1360. The maximum Gasteiger partial charge on any atom is 0.229 e. The molecule has 5 rings (SSSR count). The molecule has 3 aromatic carbocycles. The first kappa shape index (κ1) is 23.8. The van der Waals surface area contributed by atoms with E-state index in [2.05, 4.69) is 41.1 Å². The molecule has 0 atom stereocenters. The lowest BCUT2D eigenvalue weighted by atomic mass is 9.84. The first-order valence-electron chi connectivity index (χ1n) is 12.3. The lowest BCUT2D eigenvalue weighted by Crippen LogP contribution is -2.45. The second-order valence-corrected chi connectivity index (χ2v) is 10.1. The zero-order valence-corrected chi connectivity index (χ0v) is 21.0. The molecule has 5 nitrogen and oxygen atoms in total. The van der Waals surface area contributed by atoms with Crippen LogP contribution in [0.15, 0.2) is 78.9 Å². The van der Waals surface area contributed by atoms with E-state index < -0.39 is 5.41 Å². The third-order valence-electron chi connectivity index (χ3n) is 6.76. The Morgan fingerprint density at radius 2 is 1.67 bits per heavy atom. The minimum atomic E-state index is -0.529. The van der Waals surface area contributed by atoms with Gasteiger partial charge >= 0.3 is 0 Å². The maximum absolute atomic E-state index is 13.6. The lowest BCUT2D eigenvalue weighted by Gasteiger charge is -2.35. The van der Waals surface area contributed by atoms with E-state index >= 15 is 0 Å². The van der Waals surface area contributed by atoms with Crippen LogP contribution in [0.25, 0.3) is 11.3 Å². The van der Waals surface area contributed by atoms with Gasteiger partial charge in [0.15, 0.2) is 0 Å². The summed E-state index contributed by atoms with van der Waals surface area (Å²) < 4.78 is 15.8. The number of imidazole rings is 1. The van der Waals surface area contributed by atoms with Crippen molar-refractivity contribution >= 4 is 17.4 Å². The summed E-state index contributed by atoms with van der Waals surface area (Å²) in [5, 5.41) is 3.53. The number of halogens is 1. The van der Waals surface area contributed by atoms with E-state index in [1.807, 2.05) is 49.1 Å². The number of nitrogens with one attached hydrogen (secondary N) is 1. The van der Waals surface area contributed by atoms with Crippen molar-refractivity contribution in [2.24, 2.45) is 5.41 Å². The average Bonchev–Trinajstić information content (AvgIpc) is 3.23. The lowest BCUT2D eigenvalue weighted by molar-refractivity contribution is -0.142. The standard InChI is InChI=1S/C30H31FN4O/c1-21-9-15-25(16-10-21)32-28-27(23-11-13-24(31)14-12-23)33-26-20-34(17-18-35(26)28)29(36)30(2,3)19-22-7-5-4-6-8-22/h4-16,32H,17-20H2,1-3H3. The van der Waals surface area contributed by atoms with Gasteiger partial charge < -0.3 is 14.8 Å². The monoisotopic (exact) mass is 482 g/mol. The Morgan fingerprint density at radius 1 is 0.972 bits per heavy atom. The summed E-state index contributed by atoms with van der Waals surface area (Å²) in [6.07, 6.45) is 0.679. The molecule has 0 radical (unpaired) electrons. The van der Waals surface area contributed by atoms with Crippen molar-refractivity contribution in [3.05, 3.63) is 102 Å². The molecule has 0 saturated heterocycles. The van der Waals surface area contributed by atoms with Gasteiger partial charge in [0.2, 0.25) is 5.91 Å². The Labute approximate surface area is 211 Å². The molecule has 0 spiro atoms. The molecule has 0 saturated carbocycles. The Hall–Kier alpha value is -3.93. The first-order chi connectivity index (χ1) is 17.3. The molecule has 2 heterocycles. The summed E-state index contributed by atoms with van der Waals surface area (Å²) in [5.74, 6) is 1.51. The molecule has 0 bridgehead atoms. The van der Waals surface area contributed by atoms with Crippen LogP contribution >= 0.6 is 0 Å². The highest BCUT2D eigenvalue weighted by Crippen LogP contribution is 2.34. The van der Waals surface area contributed by atoms with Gasteiger partial charge in [-0.2, -0.15) is 0 Å². The maximum atomic E-state index is 13.6. The second-order valence-electron chi connectivity index (χ2n) is 10.1. The molecule has 4 aromatic rings. The van der Waals surface area contributed by atoms with Crippen LogP contribution in [0.4, 0.5) is 15.9 Å². The van der Waals surface area contributed by atoms with E-state index in [9.17, 15) is 9.18 Å². The summed E-state index contributed by atoms with van der Waals surface area (Å²) in [7, 11) is 0. The average molecular weight is 483 g/mol. The van der Waals surface area contributed by atoms with Crippen molar-refractivity contribution in [1.29, 1.82) is 0 Å². The number of amides is 1. The number of nitrogens with zero attached hydrogens (tertiary/aromatic N) is 3. The smallest absolute Gasteiger partial charge is 0.229 e. The molecule has 1 aliphatic rings. The van der Waals surface area contributed by atoms with E-state index in [0.29, 0.717) is 26.1 Å². The number of fused-ring (bicyclic) bond motifs is 1. The fourth-order valence-electron chi connectivity index (χ4n) is 4.82. The summed E-state index contributed by atoms with van der Waals surface area (Å²) in [5.41, 5.74) is 4.34. The molecular formula is C30H31FN4O. The number of aryl methyl sites for hydroxylation is 1. The normalized spacial score (nSPS) is 13.4. The van der Waals surface area contributed by atoms with Gasteiger partial charge in [0.25, 0.3) is 0 Å². The number of hydrogen-bond donors (Lipinski definition) is 1. The van der Waals surface area contributed by atoms with Crippen LogP contribution in [0.3, 0.4) is 0 Å². The van der Waals surface area contributed by atoms with Crippen LogP contribution in [0.5, 0.6) is 0 Å². The largest absolute Gasteiger partial charge is 0.340 e. The molecule has 1 N–H and O–H groups in total. The van der Waals surface area contributed by atoms with Crippen LogP contribution in [0.1, 0.15) is 30.8 Å². The predicted molar refractivity (Wildman–Crippen MR) is 141 cm³/mol. The van der Waals surface area contributed by atoms with E-state index in [4.69, 9.17) is 4.98 Å². The summed E-state index contributed by atoms with van der Waals surface area (Å²) in [4.78, 5) is 20.4. The van der Waals surface area contributed by atoms with Crippen LogP contribution in [0, 0.1) is 18.2 Å². The number of rotatable bonds is 6. The molecule has 184 valence electrons. The van der Waals surface area contributed by atoms with Crippen molar-refractivity contribution in [3.63, 3.8) is 0 Å². The van der Waals surface area contributed by atoms with E-state index in [1.54, 1.807) is 12.1 Å². The summed E-state index contributed by atoms with van der Waals surface area (Å²) >= 11 is 0. The Balaban J connectivity index is 1.45. The molecule has 0 aliphatic carbocycles. The number of carbonyl (C=O) groups excluding carboxylic acids is 1. The van der Waals surface area contributed by atoms with Crippen molar-refractivity contribution in [2.75, 3.05) is 11.9 Å². The van der Waals surface area contributed by atoms with Gasteiger partial charge in [-0.05, 0) is 55.3 Å². The topological polar surface area (TPSA) is 50.2 Å². The van der Waals surface area contributed by atoms with Crippen LogP contribution < -0.4 is 5.32 Å². The summed E-state index contributed by atoms with van der Waals surface area (Å²) in [6, 6.07) is 24.7. The Kier molecular flexibility index (Phi) is 6.35. The molecule has 1 aromatic heterocycles. The fraction of sp³-hybridized carbons (Fsp3) is 0.267. The predicted octanol–water partition coefficient (Wildman–Crippen LogP) is 6.35. The third kappa shape index (κ3) is 4.89. The van der Waals surface area contributed by atoms with Crippen molar-refractivity contribution in [2.45, 2.75) is 40.3 Å². The SMILES string of the molecule is Cc1ccc(Nc2c(-c3ccc(F)cc3)nc3n2CCN(C(=O)C(C)(C)Cc2ccccc2)C3)cc1. The van der Waals surface area contributed by atoms with Gasteiger partial charge in [0.1, 0.15) is 23.2 Å². The zero-order chi connectivity index (χ0) is 25.3. The zero-order valence-electron chi connectivity index (χ0n) is 21.0. The molecule has 0 unspecified atom stereocenters. The van der Waals surface area contributed by atoms with E-state index in [0.717, 1.165) is 34.2 Å². The highest BCUT2D eigenvalue weighted by molar-refractivity contribution is 5.83. The summed E-state index contributed by atoms with van der Waals surface area (Å²) in [6.45, 7) is 7.74. The molecule has 1 aliphatic heterocycles. The highest BCUT2D eigenvalue weighted by atomic mass is 19.1. The number of carbonyl (C=O) groups is 1. The van der Waals surface area contributed by atoms with Gasteiger partial charge in [-0.1, -0.05) is 61.9 Å². The Morgan fingerprint density at radius 3 is 2.36 bits per heavy atom. The minimum Gasteiger partial charge on any atom is -0.340 e. The number of anilines is 2. The second kappa shape index (κ2) is 9.61. The van der Waals surface area contributed by atoms with Gasteiger partial charge in [-0.3, -0.25) is 4.79 Å². The van der Waals surface area contributed by atoms with Gasteiger partial charge in [0, 0.05) is 29.8 Å². The van der Waals surface area contributed by atoms with Gasteiger partial charge in [-0.25, -0.2) is 9.37 Å². The van der Waals surface area contributed by atoms with Crippen LogP contribution in [0.2, 0.25) is 0 Å². The molecule has 6 heteroatoms. The quantitative estimate of drug-likeness (QED) is 0.348. The third-order valence-corrected chi connectivity index (χ3v) is 6.76. The van der Waals surface area contributed by atoms with Crippen molar-refractivity contribution < 1.29 is 9.18 Å². The van der Waals surface area contributed by atoms with Crippen LogP contribution in [-0.4, -0.2) is 26.9 Å². The first-order valence-corrected chi connectivity index (χ1v) is 12.3.